The van der Waals surface area contributed by atoms with E-state index in [-0.39, 0.29) is 18.0 Å². The van der Waals surface area contributed by atoms with Crippen LogP contribution < -0.4 is 5.56 Å². The van der Waals surface area contributed by atoms with Crippen LogP contribution in [0.25, 0.3) is 10.2 Å². The second kappa shape index (κ2) is 4.96. The minimum atomic E-state index is -0.878. The van der Waals surface area contributed by atoms with Gasteiger partial charge in [-0.25, -0.2) is 4.98 Å². The van der Waals surface area contributed by atoms with Gasteiger partial charge in [0.25, 0.3) is 11.5 Å². The summed E-state index contributed by atoms with van der Waals surface area (Å²) in [5.41, 5.74) is 0.339. The fourth-order valence-electron chi connectivity index (χ4n) is 2.57. The Morgan fingerprint density at radius 2 is 2.29 bits per heavy atom. The number of likely N-dealkylation sites (tertiary alicyclic amines) is 1. The number of thiophene rings is 1. The van der Waals surface area contributed by atoms with Crippen molar-refractivity contribution in [3.8, 4) is 0 Å². The van der Waals surface area contributed by atoms with Gasteiger partial charge in [-0.2, -0.15) is 0 Å². The molecule has 110 valence electrons. The van der Waals surface area contributed by atoms with Crippen LogP contribution in [0.3, 0.4) is 0 Å². The summed E-state index contributed by atoms with van der Waals surface area (Å²) in [5.74, 6) is -1.61. The largest absolute Gasteiger partial charge is 0.481 e. The predicted octanol–water partition coefficient (Wildman–Crippen LogP) is 0.840. The van der Waals surface area contributed by atoms with Gasteiger partial charge in [-0.3, -0.25) is 14.4 Å². The highest BCUT2D eigenvalue weighted by molar-refractivity contribution is 7.20. The number of carboxylic acid groups (broad SMARTS) is 1. The fraction of sp³-hybridized carbons (Fsp3) is 0.385. The zero-order chi connectivity index (χ0) is 15.1. The summed E-state index contributed by atoms with van der Waals surface area (Å²) in [6.45, 7) is 2.35. The molecule has 0 aliphatic carbocycles. The maximum Gasteiger partial charge on any atom is 0.308 e. The van der Waals surface area contributed by atoms with E-state index in [1.165, 1.54) is 22.6 Å². The standard InChI is InChI=1S/C13H13N3O4S/c1-6-8-10(17)14-5-15-11(8)21-9(6)12(18)16-3-2-7(4-16)13(19)20/h5,7H,2-4H2,1H3,(H,19,20)(H,14,15,17). The Morgan fingerprint density at radius 3 is 2.90 bits per heavy atom. The molecule has 2 aromatic heterocycles. The first-order valence-electron chi connectivity index (χ1n) is 6.48. The van der Waals surface area contributed by atoms with E-state index in [2.05, 4.69) is 9.97 Å². The van der Waals surface area contributed by atoms with Crippen LogP contribution >= 0.6 is 11.3 Å². The topological polar surface area (TPSA) is 103 Å². The Kier molecular flexibility index (Phi) is 3.25. The summed E-state index contributed by atoms with van der Waals surface area (Å²) >= 11 is 1.17. The molecule has 0 saturated carbocycles. The quantitative estimate of drug-likeness (QED) is 0.855. The Bertz CT molecular complexity index is 794. The third-order valence-corrected chi connectivity index (χ3v) is 4.94. The lowest BCUT2D eigenvalue weighted by atomic mass is 10.1. The van der Waals surface area contributed by atoms with Crippen molar-refractivity contribution in [1.29, 1.82) is 0 Å². The SMILES string of the molecule is Cc1c(C(=O)N2CCC(C(=O)O)C2)sc2nc[nH]c(=O)c12. The van der Waals surface area contributed by atoms with Crippen molar-refractivity contribution in [2.45, 2.75) is 13.3 Å². The van der Waals surface area contributed by atoms with Gasteiger partial charge in [0.05, 0.1) is 22.5 Å². The molecular formula is C13H13N3O4S. The molecule has 0 aromatic carbocycles. The van der Waals surface area contributed by atoms with E-state index in [0.29, 0.717) is 33.6 Å². The van der Waals surface area contributed by atoms with E-state index in [9.17, 15) is 14.4 Å². The Labute approximate surface area is 123 Å². The number of H-pyrrole nitrogens is 1. The van der Waals surface area contributed by atoms with Crippen molar-refractivity contribution < 1.29 is 14.7 Å². The fourth-order valence-corrected chi connectivity index (χ4v) is 3.69. The van der Waals surface area contributed by atoms with E-state index in [0.717, 1.165) is 0 Å². The van der Waals surface area contributed by atoms with Crippen molar-refractivity contribution in [2.75, 3.05) is 13.1 Å². The molecule has 0 radical (unpaired) electrons. The molecule has 2 N–H and O–H groups in total. The number of aliphatic carboxylic acids is 1. The number of amides is 1. The lowest BCUT2D eigenvalue weighted by molar-refractivity contribution is -0.141. The third kappa shape index (κ3) is 2.21. The number of hydrogen-bond donors (Lipinski definition) is 2. The van der Waals surface area contributed by atoms with Crippen molar-refractivity contribution in [3.63, 3.8) is 0 Å². The van der Waals surface area contributed by atoms with Gasteiger partial charge in [-0.05, 0) is 18.9 Å². The van der Waals surface area contributed by atoms with Gasteiger partial charge in [0.2, 0.25) is 0 Å². The second-order valence-corrected chi connectivity index (χ2v) is 6.04. The normalized spacial score (nSPS) is 18.3. The van der Waals surface area contributed by atoms with Gasteiger partial charge in [0, 0.05) is 13.1 Å². The number of aromatic amines is 1. The number of hydrogen-bond acceptors (Lipinski definition) is 5. The van der Waals surface area contributed by atoms with Crippen LogP contribution in [0.15, 0.2) is 11.1 Å². The molecule has 8 heteroatoms. The zero-order valence-electron chi connectivity index (χ0n) is 11.3. The lowest BCUT2D eigenvalue weighted by Crippen LogP contribution is -2.29. The number of rotatable bonds is 2. The average molecular weight is 307 g/mol. The number of aryl methyl sites for hydroxylation is 1. The van der Waals surface area contributed by atoms with Crippen LogP contribution in [0.5, 0.6) is 0 Å². The predicted molar refractivity (Wildman–Crippen MR) is 76.6 cm³/mol. The molecule has 7 nitrogen and oxygen atoms in total. The summed E-state index contributed by atoms with van der Waals surface area (Å²) in [6.07, 6.45) is 1.77. The van der Waals surface area contributed by atoms with Crippen molar-refractivity contribution in [3.05, 3.63) is 27.1 Å². The number of carboxylic acids is 1. The van der Waals surface area contributed by atoms with E-state index in [4.69, 9.17) is 5.11 Å². The monoisotopic (exact) mass is 307 g/mol. The molecule has 1 atom stereocenters. The lowest BCUT2D eigenvalue weighted by Gasteiger charge is -2.15. The van der Waals surface area contributed by atoms with Crippen molar-refractivity contribution in [2.24, 2.45) is 5.92 Å². The summed E-state index contributed by atoms with van der Waals surface area (Å²) in [4.78, 5) is 44.4. The zero-order valence-corrected chi connectivity index (χ0v) is 12.1. The van der Waals surface area contributed by atoms with Gasteiger partial charge in [0.1, 0.15) is 4.83 Å². The van der Waals surface area contributed by atoms with Crippen LogP contribution in [0.1, 0.15) is 21.7 Å². The van der Waals surface area contributed by atoms with Gasteiger partial charge in [-0.15, -0.1) is 11.3 Å². The molecule has 0 bridgehead atoms. The number of nitrogens with one attached hydrogen (secondary N) is 1. The maximum atomic E-state index is 12.5. The summed E-state index contributed by atoms with van der Waals surface area (Å²) in [7, 11) is 0. The van der Waals surface area contributed by atoms with Crippen molar-refractivity contribution in [1.82, 2.24) is 14.9 Å². The summed E-state index contributed by atoms with van der Waals surface area (Å²) in [5, 5.41) is 9.43. The Balaban J connectivity index is 1.96. The minimum Gasteiger partial charge on any atom is -0.481 e. The molecule has 1 aliphatic rings. The maximum absolute atomic E-state index is 12.5. The highest BCUT2D eigenvalue weighted by Gasteiger charge is 2.33. The van der Waals surface area contributed by atoms with Crippen LogP contribution in [0.2, 0.25) is 0 Å². The third-order valence-electron chi connectivity index (χ3n) is 3.75. The second-order valence-electron chi connectivity index (χ2n) is 5.04. The van der Waals surface area contributed by atoms with Crippen LogP contribution in [0, 0.1) is 12.8 Å². The van der Waals surface area contributed by atoms with Crippen molar-refractivity contribution >= 4 is 33.4 Å². The number of carbonyl (C=O) groups is 2. The molecule has 0 spiro atoms. The molecule has 1 aliphatic heterocycles. The number of fused-ring (bicyclic) bond motifs is 1. The number of carbonyl (C=O) groups excluding carboxylic acids is 1. The molecular weight excluding hydrogens is 294 g/mol. The summed E-state index contributed by atoms with van der Waals surface area (Å²) < 4.78 is 0. The van der Waals surface area contributed by atoms with Crippen LogP contribution in [0.4, 0.5) is 0 Å². The van der Waals surface area contributed by atoms with Crippen LogP contribution in [-0.4, -0.2) is 44.9 Å². The number of aromatic nitrogens is 2. The molecule has 1 unspecified atom stereocenters. The van der Waals surface area contributed by atoms with E-state index >= 15 is 0 Å². The summed E-state index contributed by atoms with van der Waals surface area (Å²) in [6, 6.07) is 0. The van der Waals surface area contributed by atoms with E-state index < -0.39 is 11.9 Å². The van der Waals surface area contributed by atoms with Gasteiger partial charge >= 0.3 is 5.97 Å². The Morgan fingerprint density at radius 1 is 1.52 bits per heavy atom. The van der Waals surface area contributed by atoms with E-state index in [1.807, 2.05) is 0 Å². The molecule has 3 heterocycles. The van der Waals surface area contributed by atoms with E-state index in [1.54, 1.807) is 6.92 Å². The van der Waals surface area contributed by atoms with Gasteiger partial charge < -0.3 is 15.0 Å². The minimum absolute atomic E-state index is 0.214. The first-order valence-corrected chi connectivity index (χ1v) is 7.29. The average Bonchev–Trinajstić information content (AvgIpc) is 3.04. The molecule has 1 saturated heterocycles. The highest BCUT2D eigenvalue weighted by atomic mass is 32.1. The van der Waals surface area contributed by atoms with Gasteiger partial charge in [0.15, 0.2) is 0 Å². The highest BCUT2D eigenvalue weighted by Crippen LogP contribution is 2.29. The molecule has 1 fully saturated rings. The first kappa shape index (κ1) is 13.7. The molecule has 3 rings (SSSR count). The van der Waals surface area contributed by atoms with Crippen LogP contribution in [-0.2, 0) is 4.79 Å². The smallest absolute Gasteiger partial charge is 0.308 e. The van der Waals surface area contributed by atoms with Gasteiger partial charge in [-0.1, -0.05) is 0 Å². The molecule has 2 aromatic rings. The molecule has 1 amide bonds. The Hall–Kier alpha value is -2.22. The number of nitrogens with zero attached hydrogens (tertiary/aromatic N) is 2. The first-order chi connectivity index (χ1) is 9.99. The molecule has 21 heavy (non-hydrogen) atoms.